The molecule has 0 amide bonds. The van der Waals surface area contributed by atoms with Crippen molar-refractivity contribution in [2.75, 3.05) is 0 Å². The topological polar surface area (TPSA) is 83.1 Å². The summed E-state index contributed by atoms with van der Waals surface area (Å²) in [6.07, 6.45) is 1.88. The second-order valence-corrected chi connectivity index (χ2v) is 4.63. The Morgan fingerprint density at radius 3 is 2.84 bits per heavy atom. The van der Waals surface area contributed by atoms with Crippen molar-refractivity contribution in [1.29, 1.82) is 0 Å². The number of rotatable bonds is 4. The molecular weight excluding hydrogens is 244 g/mol. The highest BCUT2D eigenvalue weighted by molar-refractivity contribution is 5.81. The average molecular weight is 260 g/mol. The summed E-state index contributed by atoms with van der Waals surface area (Å²) in [5.74, 6) is -1.97. The SMILES string of the molecule is CCCc1ccc2[nH]nc(C(C)C(=O)O)c(=O)c2c1. The molecule has 0 fully saturated rings. The molecule has 1 heterocycles. The van der Waals surface area contributed by atoms with Crippen LogP contribution in [0.15, 0.2) is 23.0 Å². The van der Waals surface area contributed by atoms with Gasteiger partial charge in [-0.25, -0.2) is 0 Å². The summed E-state index contributed by atoms with van der Waals surface area (Å²) in [6.45, 7) is 3.53. The third kappa shape index (κ3) is 2.50. The van der Waals surface area contributed by atoms with E-state index >= 15 is 0 Å². The number of fused-ring (bicyclic) bond motifs is 1. The van der Waals surface area contributed by atoms with Crippen molar-refractivity contribution in [3.63, 3.8) is 0 Å². The van der Waals surface area contributed by atoms with E-state index in [-0.39, 0.29) is 11.1 Å². The number of nitrogens with one attached hydrogen (secondary N) is 1. The Morgan fingerprint density at radius 2 is 2.21 bits per heavy atom. The van der Waals surface area contributed by atoms with Gasteiger partial charge in [-0.05, 0) is 31.0 Å². The highest BCUT2D eigenvalue weighted by Crippen LogP contribution is 2.15. The molecule has 0 aliphatic heterocycles. The van der Waals surface area contributed by atoms with E-state index in [2.05, 4.69) is 17.1 Å². The zero-order valence-electron chi connectivity index (χ0n) is 10.9. The Hall–Kier alpha value is -2.17. The number of hydrogen-bond donors (Lipinski definition) is 2. The summed E-state index contributed by atoms with van der Waals surface area (Å²) >= 11 is 0. The molecule has 0 saturated carbocycles. The van der Waals surface area contributed by atoms with Crippen LogP contribution in [0.4, 0.5) is 0 Å². The van der Waals surface area contributed by atoms with Gasteiger partial charge in [0.05, 0.1) is 5.52 Å². The van der Waals surface area contributed by atoms with Gasteiger partial charge in [0.1, 0.15) is 11.6 Å². The molecule has 0 radical (unpaired) electrons. The van der Waals surface area contributed by atoms with Crippen molar-refractivity contribution < 1.29 is 9.90 Å². The van der Waals surface area contributed by atoms with E-state index in [4.69, 9.17) is 5.11 Å². The van der Waals surface area contributed by atoms with E-state index < -0.39 is 11.9 Å². The molecule has 0 aliphatic rings. The number of carboxylic acids is 1. The van der Waals surface area contributed by atoms with Crippen molar-refractivity contribution in [3.05, 3.63) is 39.7 Å². The van der Waals surface area contributed by atoms with Gasteiger partial charge >= 0.3 is 5.97 Å². The first-order valence-corrected chi connectivity index (χ1v) is 6.28. The average Bonchev–Trinajstić information content (AvgIpc) is 2.39. The number of nitrogens with zero attached hydrogens (tertiary/aromatic N) is 1. The second-order valence-electron chi connectivity index (χ2n) is 4.63. The van der Waals surface area contributed by atoms with E-state index in [9.17, 15) is 9.59 Å². The minimum Gasteiger partial charge on any atom is -0.481 e. The fourth-order valence-electron chi connectivity index (χ4n) is 2.04. The van der Waals surface area contributed by atoms with Crippen LogP contribution in [0.1, 0.15) is 37.4 Å². The zero-order chi connectivity index (χ0) is 14.0. The van der Waals surface area contributed by atoms with Gasteiger partial charge in [-0.1, -0.05) is 19.4 Å². The van der Waals surface area contributed by atoms with Crippen molar-refractivity contribution in [2.24, 2.45) is 0 Å². The first-order valence-electron chi connectivity index (χ1n) is 6.28. The molecule has 100 valence electrons. The van der Waals surface area contributed by atoms with Crippen LogP contribution < -0.4 is 5.43 Å². The molecule has 0 spiro atoms. The summed E-state index contributed by atoms with van der Waals surface area (Å²) < 4.78 is 0. The number of H-pyrrole nitrogens is 1. The smallest absolute Gasteiger partial charge is 0.312 e. The van der Waals surface area contributed by atoms with E-state index in [1.165, 1.54) is 6.92 Å². The van der Waals surface area contributed by atoms with Gasteiger partial charge in [0, 0.05) is 5.39 Å². The van der Waals surface area contributed by atoms with Crippen LogP contribution >= 0.6 is 0 Å². The number of carbonyl (C=O) groups is 1. The van der Waals surface area contributed by atoms with Gasteiger partial charge in [0.15, 0.2) is 0 Å². The number of aromatic amines is 1. The Kier molecular flexibility index (Phi) is 3.64. The summed E-state index contributed by atoms with van der Waals surface area (Å²) in [5, 5.41) is 16.1. The van der Waals surface area contributed by atoms with Crippen molar-refractivity contribution in [1.82, 2.24) is 10.2 Å². The molecule has 1 aromatic heterocycles. The Labute approximate surface area is 110 Å². The fraction of sp³-hybridized carbons (Fsp3) is 0.357. The van der Waals surface area contributed by atoms with Gasteiger partial charge in [-0.2, -0.15) is 5.10 Å². The number of aromatic nitrogens is 2. The molecule has 1 aromatic carbocycles. The van der Waals surface area contributed by atoms with Gasteiger partial charge in [-0.3, -0.25) is 14.7 Å². The molecule has 5 heteroatoms. The van der Waals surface area contributed by atoms with Gasteiger partial charge in [0.25, 0.3) is 0 Å². The lowest BCUT2D eigenvalue weighted by molar-refractivity contribution is -0.138. The van der Waals surface area contributed by atoms with Crippen molar-refractivity contribution in [3.8, 4) is 0 Å². The fourth-order valence-corrected chi connectivity index (χ4v) is 2.04. The standard InChI is InChI=1S/C14H16N2O3/c1-3-4-9-5-6-11-10(7-9)13(17)12(16-15-11)8(2)14(18)19/h5-8H,3-4H2,1-2H3,(H,15,17)(H,18,19). The van der Waals surface area contributed by atoms with Crippen LogP contribution in [0.3, 0.4) is 0 Å². The molecule has 2 N–H and O–H groups in total. The molecule has 1 atom stereocenters. The Morgan fingerprint density at radius 1 is 1.47 bits per heavy atom. The molecule has 0 bridgehead atoms. The van der Waals surface area contributed by atoms with E-state index in [0.717, 1.165) is 18.4 Å². The first kappa shape index (κ1) is 13.3. The van der Waals surface area contributed by atoms with E-state index in [0.29, 0.717) is 10.9 Å². The Balaban J connectivity index is 2.62. The second kappa shape index (κ2) is 5.22. The van der Waals surface area contributed by atoms with Gasteiger partial charge < -0.3 is 5.11 Å². The largest absolute Gasteiger partial charge is 0.481 e. The normalized spacial score (nSPS) is 12.5. The monoisotopic (exact) mass is 260 g/mol. The van der Waals surface area contributed by atoms with E-state index in [1.54, 1.807) is 0 Å². The lowest BCUT2D eigenvalue weighted by Gasteiger charge is -2.07. The number of benzene rings is 1. The molecule has 0 aliphatic carbocycles. The molecule has 19 heavy (non-hydrogen) atoms. The molecule has 1 unspecified atom stereocenters. The van der Waals surface area contributed by atoms with Crippen LogP contribution in [-0.2, 0) is 11.2 Å². The van der Waals surface area contributed by atoms with Crippen LogP contribution in [0, 0.1) is 0 Å². The predicted octanol–water partition coefficient (Wildman–Crippen LogP) is 2.06. The lowest BCUT2D eigenvalue weighted by atomic mass is 10.0. The number of aryl methyl sites for hydroxylation is 1. The van der Waals surface area contributed by atoms with E-state index in [1.807, 2.05) is 18.2 Å². The number of carboxylic acid groups (broad SMARTS) is 1. The molecule has 5 nitrogen and oxygen atoms in total. The number of hydrogen-bond acceptors (Lipinski definition) is 3. The predicted molar refractivity (Wildman–Crippen MR) is 72.4 cm³/mol. The first-order chi connectivity index (χ1) is 9.04. The molecular formula is C14H16N2O3. The number of aliphatic carboxylic acids is 1. The molecule has 2 rings (SSSR count). The van der Waals surface area contributed by atoms with Crippen LogP contribution in [0.25, 0.3) is 10.9 Å². The maximum Gasteiger partial charge on any atom is 0.312 e. The third-order valence-corrected chi connectivity index (χ3v) is 3.18. The highest BCUT2D eigenvalue weighted by Gasteiger charge is 2.20. The van der Waals surface area contributed by atoms with Crippen molar-refractivity contribution in [2.45, 2.75) is 32.6 Å². The van der Waals surface area contributed by atoms with Gasteiger partial charge in [-0.15, -0.1) is 0 Å². The van der Waals surface area contributed by atoms with Gasteiger partial charge in [0.2, 0.25) is 5.43 Å². The minimum absolute atomic E-state index is 0.0497. The van der Waals surface area contributed by atoms with Crippen molar-refractivity contribution >= 4 is 16.9 Å². The lowest BCUT2D eigenvalue weighted by Crippen LogP contribution is -2.21. The minimum atomic E-state index is -1.05. The summed E-state index contributed by atoms with van der Waals surface area (Å²) in [5.41, 5.74) is 1.45. The summed E-state index contributed by atoms with van der Waals surface area (Å²) in [7, 11) is 0. The summed E-state index contributed by atoms with van der Waals surface area (Å²) in [6, 6.07) is 5.57. The highest BCUT2D eigenvalue weighted by atomic mass is 16.4. The third-order valence-electron chi connectivity index (χ3n) is 3.18. The van der Waals surface area contributed by atoms with Crippen LogP contribution in [0.2, 0.25) is 0 Å². The Bertz CT molecular complexity index is 676. The zero-order valence-corrected chi connectivity index (χ0v) is 10.9. The van der Waals surface area contributed by atoms with Crippen LogP contribution in [-0.4, -0.2) is 21.3 Å². The molecule has 2 aromatic rings. The van der Waals surface area contributed by atoms with Crippen LogP contribution in [0.5, 0.6) is 0 Å². The summed E-state index contributed by atoms with van der Waals surface area (Å²) in [4.78, 5) is 23.2. The maximum absolute atomic E-state index is 12.3. The quantitative estimate of drug-likeness (QED) is 0.881. The maximum atomic E-state index is 12.3. The molecule has 0 saturated heterocycles.